The normalized spacial score (nSPS) is 9.42. The fraction of sp³-hybridized carbons (Fsp3) is 0.286. The second-order valence-electron chi connectivity index (χ2n) is 2.05. The fourth-order valence-electron chi connectivity index (χ4n) is 0.665. The third kappa shape index (κ3) is 2.50. The highest BCUT2D eigenvalue weighted by Gasteiger charge is 2.04. The molecular formula is C7H9N3OS. The van der Waals surface area contributed by atoms with E-state index in [0.29, 0.717) is 12.3 Å². The van der Waals surface area contributed by atoms with E-state index in [4.69, 9.17) is 0 Å². The number of nitrogens with zero attached hydrogens (tertiary/aromatic N) is 2. The Morgan fingerprint density at radius 3 is 2.75 bits per heavy atom. The van der Waals surface area contributed by atoms with Crippen LogP contribution in [0, 0.1) is 0 Å². The molecule has 12 heavy (non-hydrogen) atoms. The summed E-state index contributed by atoms with van der Waals surface area (Å²) in [4.78, 5) is 18.7. The number of amides is 1. The third-order valence-corrected chi connectivity index (χ3v) is 1.39. The van der Waals surface area contributed by atoms with Crippen molar-refractivity contribution in [2.24, 2.45) is 0 Å². The Labute approximate surface area is 75.8 Å². The van der Waals surface area contributed by atoms with Gasteiger partial charge in [0.15, 0.2) is 0 Å². The summed E-state index contributed by atoms with van der Waals surface area (Å²) in [6, 6.07) is 1.66. The van der Waals surface area contributed by atoms with E-state index in [1.54, 1.807) is 6.07 Å². The van der Waals surface area contributed by atoms with Crippen molar-refractivity contribution < 1.29 is 4.79 Å². The molecule has 0 aromatic carbocycles. The van der Waals surface area contributed by atoms with Crippen LogP contribution in [-0.2, 0) is 0 Å². The van der Waals surface area contributed by atoms with Crippen LogP contribution in [-0.4, -0.2) is 28.2 Å². The highest BCUT2D eigenvalue weighted by molar-refractivity contribution is 7.80. The molecular weight excluding hydrogens is 174 g/mol. The van der Waals surface area contributed by atoms with Gasteiger partial charge in [0.2, 0.25) is 5.82 Å². The van der Waals surface area contributed by atoms with Gasteiger partial charge in [0, 0.05) is 24.7 Å². The molecule has 0 saturated carbocycles. The van der Waals surface area contributed by atoms with Crippen molar-refractivity contribution in [1.29, 1.82) is 0 Å². The zero-order valence-electron chi connectivity index (χ0n) is 6.40. The van der Waals surface area contributed by atoms with Crippen molar-refractivity contribution in [3.8, 4) is 0 Å². The molecule has 0 unspecified atom stereocenters. The van der Waals surface area contributed by atoms with Crippen molar-refractivity contribution in [3.05, 3.63) is 24.3 Å². The molecule has 1 amide bonds. The minimum Gasteiger partial charge on any atom is -0.348 e. The molecule has 4 nitrogen and oxygen atoms in total. The van der Waals surface area contributed by atoms with Crippen LogP contribution in [0.25, 0.3) is 0 Å². The van der Waals surface area contributed by atoms with Gasteiger partial charge in [-0.3, -0.25) is 4.79 Å². The molecule has 1 aromatic heterocycles. The van der Waals surface area contributed by atoms with Crippen LogP contribution < -0.4 is 5.32 Å². The zero-order valence-corrected chi connectivity index (χ0v) is 7.29. The largest absolute Gasteiger partial charge is 0.348 e. The molecule has 1 heterocycles. The lowest BCUT2D eigenvalue weighted by molar-refractivity contribution is 0.0946. The molecule has 0 aliphatic rings. The first-order valence-electron chi connectivity index (χ1n) is 3.50. The summed E-state index contributed by atoms with van der Waals surface area (Å²) in [6.07, 6.45) is 3.06. The Morgan fingerprint density at radius 2 is 2.17 bits per heavy atom. The predicted molar refractivity (Wildman–Crippen MR) is 48.2 cm³/mol. The van der Waals surface area contributed by atoms with Crippen molar-refractivity contribution in [1.82, 2.24) is 15.3 Å². The van der Waals surface area contributed by atoms with Gasteiger partial charge in [0.25, 0.3) is 5.91 Å². The van der Waals surface area contributed by atoms with Gasteiger partial charge < -0.3 is 5.32 Å². The SMILES string of the molecule is O=C(NCCS)c1ncccn1. The Hall–Kier alpha value is -1.10. The van der Waals surface area contributed by atoms with Gasteiger partial charge in [-0.2, -0.15) is 12.6 Å². The second kappa shape index (κ2) is 4.71. The van der Waals surface area contributed by atoms with E-state index in [1.165, 1.54) is 12.4 Å². The van der Waals surface area contributed by atoms with Crippen molar-refractivity contribution in [2.45, 2.75) is 0 Å². The first-order valence-corrected chi connectivity index (χ1v) is 4.14. The first-order chi connectivity index (χ1) is 5.84. The van der Waals surface area contributed by atoms with E-state index in [-0.39, 0.29) is 11.7 Å². The maximum Gasteiger partial charge on any atom is 0.289 e. The minimum atomic E-state index is -0.260. The number of rotatable bonds is 3. The average molecular weight is 183 g/mol. The molecule has 0 atom stereocenters. The molecule has 0 spiro atoms. The molecule has 0 radical (unpaired) electrons. The average Bonchev–Trinajstić information content (AvgIpc) is 2.15. The lowest BCUT2D eigenvalue weighted by Crippen LogP contribution is -2.26. The second-order valence-corrected chi connectivity index (χ2v) is 2.50. The summed E-state index contributed by atoms with van der Waals surface area (Å²) in [5.41, 5.74) is 0. The van der Waals surface area contributed by atoms with Gasteiger partial charge >= 0.3 is 0 Å². The number of aromatic nitrogens is 2. The highest BCUT2D eigenvalue weighted by atomic mass is 32.1. The van der Waals surface area contributed by atoms with E-state index in [2.05, 4.69) is 27.9 Å². The highest BCUT2D eigenvalue weighted by Crippen LogP contribution is 1.86. The lowest BCUT2D eigenvalue weighted by Gasteiger charge is -1.99. The van der Waals surface area contributed by atoms with E-state index in [9.17, 15) is 4.79 Å². The third-order valence-electron chi connectivity index (χ3n) is 1.17. The molecule has 0 fully saturated rings. The zero-order chi connectivity index (χ0) is 8.81. The van der Waals surface area contributed by atoms with E-state index < -0.39 is 0 Å². The summed E-state index contributed by atoms with van der Waals surface area (Å²) in [5.74, 6) is 0.544. The minimum absolute atomic E-state index is 0.194. The van der Waals surface area contributed by atoms with Crippen LogP contribution >= 0.6 is 12.6 Å². The van der Waals surface area contributed by atoms with Gasteiger partial charge in [0.1, 0.15) is 0 Å². The number of carbonyl (C=O) groups excluding carboxylic acids is 1. The Kier molecular flexibility index (Phi) is 3.53. The lowest BCUT2D eigenvalue weighted by atomic mass is 10.5. The molecule has 0 aliphatic heterocycles. The first kappa shape index (κ1) is 8.99. The van der Waals surface area contributed by atoms with Crippen LogP contribution in [0.2, 0.25) is 0 Å². The Bertz CT molecular complexity index is 252. The van der Waals surface area contributed by atoms with Gasteiger partial charge in [-0.05, 0) is 6.07 Å². The van der Waals surface area contributed by atoms with E-state index >= 15 is 0 Å². The number of thiol groups is 1. The maximum atomic E-state index is 11.1. The summed E-state index contributed by atoms with van der Waals surface area (Å²) < 4.78 is 0. The molecule has 0 saturated heterocycles. The van der Waals surface area contributed by atoms with Gasteiger partial charge in [-0.15, -0.1) is 0 Å². The summed E-state index contributed by atoms with van der Waals surface area (Å²) in [5, 5.41) is 2.61. The molecule has 1 rings (SSSR count). The molecule has 64 valence electrons. The van der Waals surface area contributed by atoms with Crippen LogP contribution in [0.4, 0.5) is 0 Å². The molecule has 5 heteroatoms. The summed E-state index contributed by atoms with van der Waals surface area (Å²) >= 11 is 3.95. The van der Waals surface area contributed by atoms with Crippen LogP contribution in [0.1, 0.15) is 10.6 Å². The van der Waals surface area contributed by atoms with Crippen molar-refractivity contribution >= 4 is 18.5 Å². The van der Waals surface area contributed by atoms with E-state index in [0.717, 1.165) is 0 Å². The molecule has 1 N–H and O–H groups in total. The summed E-state index contributed by atoms with van der Waals surface area (Å²) in [7, 11) is 0. The smallest absolute Gasteiger partial charge is 0.289 e. The monoisotopic (exact) mass is 183 g/mol. The van der Waals surface area contributed by atoms with Crippen LogP contribution in [0.3, 0.4) is 0 Å². The fourth-order valence-corrected chi connectivity index (χ4v) is 0.777. The van der Waals surface area contributed by atoms with Crippen LogP contribution in [0.5, 0.6) is 0 Å². The van der Waals surface area contributed by atoms with Gasteiger partial charge in [-0.25, -0.2) is 9.97 Å². The number of carbonyl (C=O) groups is 1. The summed E-state index contributed by atoms with van der Waals surface area (Å²) in [6.45, 7) is 0.528. The maximum absolute atomic E-state index is 11.1. The number of nitrogens with one attached hydrogen (secondary N) is 1. The predicted octanol–water partition coefficient (Wildman–Crippen LogP) is 0.136. The van der Waals surface area contributed by atoms with Gasteiger partial charge in [0.05, 0.1) is 0 Å². The topological polar surface area (TPSA) is 54.9 Å². The van der Waals surface area contributed by atoms with Crippen molar-refractivity contribution in [3.63, 3.8) is 0 Å². The molecule has 0 bridgehead atoms. The Balaban J connectivity index is 2.54. The molecule has 0 aliphatic carbocycles. The van der Waals surface area contributed by atoms with Crippen molar-refractivity contribution in [2.75, 3.05) is 12.3 Å². The van der Waals surface area contributed by atoms with Gasteiger partial charge in [-0.1, -0.05) is 0 Å². The number of hydrogen-bond acceptors (Lipinski definition) is 4. The standard InChI is InChI=1S/C7H9N3OS/c11-7(10-4-5-12)6-8-2-1-3-9-6/h1-3,12H,4-5H2,(H,10,11). The van der Waals surface area contributed by atoms with E-state index in [1.807, 2.05) is 0 Å². The molecule has 1 aromatic rings. The van der Waals surface area contributed by atoms with Crippen LogP contribution in [0.15, 0.2) is 18.5 Å². The number of hydrogen-bond donors (Lipinski definition) is 2. The quantitative estimate of drug-likeness (QED) is 0.655. The Morgan fingerprint density at radius 1 is 1.50 bits per heavy atom.